The third kappa shape index (κ3) is 6.71. The SMILES string of the molecule is CCCCCCOS(=O)(=O)N(C(=O)O)c1c(C(C)(C)C)cc(C)cc1C(C)(C)C. The number of carbonyl (C=O) groups is 1. The van der Waals surface area contributed by atoms with Crippen molar-refractivity contribution >= 4 is 22.1 Å². The molecule has 0 aromatic heterocycles. The number of hydrogen-bond acceptors (Lipinski definition) is 4. The average Bonchev–Trinajstić information content (AvgIpc) is 2.53. The quantitative estimate of drug-likeness (QED) is 0.521. The third-order valence-corrected chi connectivity index (χ3v) is 5.95. The van der Waals surface area contributed by atoms with Gasteiger partial charge in [0.25, 0.3) is 0 Å². The summed E-state index contributed by atoms with van der Waals surface area (Å²) < 4.78 is 31.5. The van der Waals surface area contributed by atoms with Crippen LogP contribution in [0.3, 0.4) is 0 Å². The zero-order valence-electron chi connectivity index (χ0n) is 19.1. The first-order chi connectivity index (χ1) is 13.1. The fourth-order valence-corrected chi connectivity index (χ4v) is 4.24. The maximum absolute atomic E-state index is 13.0. The Morgan fingerprint density at radius 2 is 1.48 bits per heavy atom. The Kier molecular flexibility index (Phi) is 8.31. The summed E-state index contributed by atoms with van der Waals surface area (Å²) in [6.45, 7) is 15.6. The molecule has 0 saturated heterocycles. The molecule has 0 aliphatic rings. The standard InChI is InChI=1S/C22H37NO5S/c1-9-10-11-12-13-28-29(26,27)23(20(24)25)19-17(21(3,4)5)14-16(2)15-18(19)22(6,7)8/h14-15H,9-13H2,1-8H3,(H,24,25). The van der Waals surface area contributed by atoms with E-state index in [-0.39, 0.29) is 12.3 Å². The van der Waals surface area contributed by atoms with Crippen molar-refractivity contribution in [2.45, 2.75) is 91.9 Å². The molecule has 166 valence electrons. The summed E-state index contributed by atoms with van der Waals surface area (Å²) in [5.41, 5.74) is 1.51. The predicted molar refractivity (Wildman–Crippen MR) is 118 cm³/mol. The van der Waals surface area contributed by atoms with E-state index in [0.717, 1.165) is 24.8 Å². The van der Waals surface area contributed by atoms with Crippen molar-refractivity contribution in [1.82, 2.24) is 0 Å². The van der Waals surface area contributed by atoms with Gasteiger partial charge in [-0.05, 0) is 35.3 Å². The van der Waals surface area contributed by atoms with Gasteiger partial charge in [0.2, 0.25) is 0 Å². The van der Waals surface area contributed by atoms with Gasteiger partial charge in [0.05, 0.1) is 12.3 Å². The van der Waals surface area contributed by atoms with Crippen molar-refractivity contribution in [2.24, 2.45) is 0 Å². The fraction of sp³-hybridized carbons (Fsp3) is 0.682. The van der Waals surface area contributed by atoms with E-state index in [1.165, 1.54) is 0 Å². The first-order valence-electron chi connectivity index (χ1n) is 10.2. The van der Waals surface area contributed by atoms with Crippen molar-refractivity contribution in [1.29, 1.82) is 0 Å². The van der Waals surface area contributed by atoms with Crippen LogP contribution in [0.4, 0.5) is 10.5 Å². The van der Waals surface area contributed by atoms with Crippen LogP contribution < -0.4 is 4.31 Å². The van der Waals surface area contributed by atoms with Gasteiger partial charge in [-0.15, -0.1) is 4.31 Å². The van der Waals surface area contributed by atoms with Crippen molar-refractivity contribution in [2.75, 3.05) is 10.9 Å². The Balaban J connectivity index is 3.61. The number of hydrogen-bond donors (Lipinski definition) is 1. The van der Waals surface area contributed by atoms with Gasteiger partial charge in [-0.25, -0.2) is 4.79 Å². The van der Waals surface area contributed by atoms with Crippen LogP contribution in [0.2, 0.25) is 0 Å². The Labute approximate surface area is 176 Å². The molecule has 1 aromatic carbocycles. The summed E-state index contributed by atoms with van der Waals surface area (Å²) in [7, 11) is -4.51. The maximum atomic E-state index is 13.0. The first-order valence-corrected chi connectivity index (χ1v) is 11.6. The minimum atomic E-state index is -4.51. The summed E-state index contributed by atoms with van der Waals surface area (Å²) in [4.78, 5) is 12.2. The lowest BCUT2D eigenvalue weighted by Gasteiger charge is -2.34. The Morgan fingerprint density at radius 1 is 1.00 bits per heavy atom. The number of nitrogens with zero attached hydrogens (tertiary/aromatic N) is 1. The lowest BCUT2D eigenvalue weighted by atomic mass is 9.77. The zero-order valence-corrected chi connectivity index (χ0v) is 19.9. The topological polar surface area (TPSA) is 83.9 Å². The molecule has 0 saturated carbocycles. The number of benzene rings is 1. The second-order valence-electron chi connectivity index (χ2n) is 9.60. The van der Waals surface area contributed by atoms with Gasteiger partial charge >= 0.3 is 16.4 Å². The van der Waals surface area contributed by atoms with Gasteiger partial charge in [-0.2, -0.15) is 8.42 Å². The lowest BCUT2D eigenvalue weighted by Crippen LogP contribution is -2.40. The molecule has 0 heterocycles. The number of rotatable bonds is 8. The number of aryl methyl sites for hydroxylation is 1. The summed E-state index contributed by atoms with van der Waals surface area (Å²) in [5, 5.41) is 9.92. The van der Waals surface area contributed by atoms with E-state index in [4.69, 9.17) is 4.18 Å². The molecule has 1 rings (SSSR count). The van der Waals surface area contributed by atoms with E-state index in [9.17, 15) is 18.3 Å². The molecule has 6 nitrogen and oxygen atoms in total. The second kappa shape index (κ2) is 9.47. The predicted octanol–water partition coefficient (Wildman–Crippen LogP) is 5.92. The van der Waals surface area contributed by atoms with E-state index >= 15 is 0 Å². The number of anilines is 1. The van der Waals surface area contributed by atoms with Crippen LogP contribution in [0.25, 0.3) is 0 Å². The van der Waals surface area contributed by atoms with E-state index in [1.54, 1.807) is 0 Å². The molecular formula is C22H37NO5S. The summed E-state index contributed by atoms with van der Waals surface area (Å²) >= 11 is 0. The number of carboxylic acid groups (broad SMARTS) is 1. The molecule has 0 bridgehead atoms. The largest absolute Gasteiger partial charge is 0.464 e. The van der Waals surface area contributed by atoms with Crippen molar-refractivity contribution in [3.63, 3.8) is 0 Å². The highest BCUT2D eigenvalue weighted by molar-refractivity contribution is 7.89. The van der Waals surface area contributed by atoms with Crippen LogP contribution >= 0.6 is 0 Å². The number of amides is 1. The van der Waals surface area contributed by atoms with Crippen LogP contribution in [-0.2, 0) is 25.3 Å². The molecule has 0 aliphatic heterocycles. The van der Waals surface area contributed by atoms with Crippen LogP contribution in [0.1, 0.15) is 90.8 Å². The lowest BCUT2D eigenvalue weighted by molar-refractivity contribution is 0.204. The van der Waals surface area contributed by atoms with E-state index in [1.807, 2.05) is 60.6 Å². The van der Waals surface area contributed by atoms with Crippen LogP contribution in [0, 0.1) is 6.92 Å². The zero-order chi connectivity index (χ0) is 22.6. The maximum Gasteiger partial charge on any atom is 0.427 e. The van der Waals surface area contributed by atoms with Gasteiger partial charge in [-0.1, -0.05) is 85.4 Å². The molecule has 0 fully saturated rings. The molecule has 7 heteroatoms. The molecule has 0 spiro atoms. The van der Waals surface area contributed by atoms with Crippen LogP contribution in [0.5, 0.6) is 0 Å². The monoisotopic (exact) mass is 427 g/mol. The summed E-state index contributed by atoms with van der Waals surface area (Å²) in [5.74, 6) is 0. The molecule has 29 heavy (non-hydrogen) atoms. The smallest absolute Gasteiger partial charge is 0.427 e. The normalized spacial score (nSPS) is 12.8. The molecule has 1 amide bonds. The Bertz CT molecular complexity index is 782. The minimum absolute atomic E-state index is 0.0341. The average molecular weight is 428 g/mol. The van der Waals surface area contributed by atoms with Gasteiger partial charge in [-0.3, -0.25) is 4.18 Å². The van der Waals surface area contributed by atoms with Crippen molar-refractivity contribution < 1.29 is 22.5 Å². The Morgan fingerprint density at radius 3 is 1.86 bits per heavy atom. The first kappa shape index (κ1) is 25.4. The van der Waals surface area contributed by atoms with Crippen molar-refractivity contribution in [3.8, 4) is 0 Å². The molecule has 0 aliphatic carbocycles. The van der Waals surface area contributed by atoms with E-state index in [0.29, 0.717) is 21.9 Å². The molecule has 0 atom stereocenters. The second-order valence-corrected chi connectivity index (χ2v) is 11.1. The Hall–Kier alpha value is -1.60. The molecule has 0 unspecified atom stereocenters. The highest BCUT2D eigenvalue weighted by Crippen LogP contribution is 2.42. The van der Waals surface area contributed by atoms with Gasteiger partial charge in [0.15, 0.2) is 0 Å². The third-order valence-electron chi connectivity index (χ3n) is 4.70. The minimum Gasteiger partial charge on any atom is -0.464 e. The van der Waals surface area contributed by atoms with Crippen LogP contribution in [-0.4, -0.2) is 26.2 Å². The highest BCUT2D eigenvalue weighted by atomic mass is 32.2. The molecular weight excluding hydrogens is 390 g/mol. The van der Waals surface area contributed by atoms with Gasteiger partial charge in [0, 0.05) is 0 Å². The molecule has 0 radical (unpaired) electrons. The van der Waals surface area contributed by atoms with Crippen molar-refractivity contribution in [3.05, 3.63) is 28.8 Å². The molecule has 1 N–H and O–H groups in total. The van der Waals surface area contributed by atoms with E-state index < -0.39 is 27.2 Å². The summed E-state index contributed by atoms with van der Waals surface area (Å²) in [6, 6.07) is 3.72. The summed E-state index contributed by atoms with van der Waals surface area (Å²) in [6.07, 6.45) is 1.82. The van der Waals surface area contributed by atoms with Crippen LogP contribution in [0.15, 0.2) is 12.1 Å². The van der Waals surface area contributed by atoms with Gasteiger partial charge < -0.3 is 5.11 Å². The fourth-order valence-electron chi connectivity index (χ4n) is 3.19. The highest BCUT2D eigenvalue weighted by Gasteiger charge is 2.38. The number of unbranched alkanes of at least 4 members (excludes halogenated alkanes) is 3. The van der Waals surface area contributed by atoms with E-state index in [2.05, 4.69) is 6.92 Å². The van der Waals surface area contributed by atoms with Gasteiger partial charge in [0.1, 0.15) is 0 Å². The molecule has 1 aromatic rings.